The lowest BCUT2D eigenvalue weighted by Gasteiger charge is -2.32. The first-order chi connectivity index (χ1) is 12.9. The number of carbonyl (C=O) groups excluding carboxylic acids is 1. The summed E-state index contributed by atoms with van der Waals surface area (Å²) in [6.45, 7) is 1.03. The molecule has 0 radical (unpaired) electrons. The highest BCUT2D eigenvalue weighted by molar-refractivity contribution is 7.18. The number of halogens is 3. The van der Waals surface area contributed by atoms with E-state index < -0.39 is 11.7 Å². The van der Waals surface area contributed by atoms with Gasteiger partial charge in [-0.3, -0.25) is 4.79 Å². The number of para-hydroxylation sites is 1. The maximum absolute atomic E-state index is 12.9. The third kappa shape index (κ3) is 3.69. The minimum atomic E-state index is -4.46. The van der Waals surface area contributed by atoms with E-state index in [-0.39, 0.29) is 17.4 Å². The first-order valence-corrected chi connectivity index (χ1v) is 9.55. The predicted octanol–water partition coefficient (Wildman–Crippen LogP) is 5.33. The molecule has 1 aliphatic rings. The van der Waals surface area contributed by atoms with Gasteiger partial charge in [-0.1, -0.05) is 18.2 Å². The second kappa shape index (κ2) is 6.96. The summed E-state index contributed by atoms with van der Waals surface area (Å²) in [6.07, 6.45) is -2.72. The highest BCUT2D eigenvalue weighted by atomic mass is 32.1. The molecule has 2 heterocycles. The molecular formula is C20H17F3N2OS. The zero-order valence-corrected chi connectivity index (χ0v) is 15.2. The molecule has 3 aromatic rings. The number of amides is 1. The fraction of sp³-hybridized carbons (Fsp3) is 0.300. The van der Waals surface area contributed by atoms with Gasteiger partial charge < -0.3 is 4.90 Å². The molecule has 1 saturated heterocycles. The van der Waals surface area contributed by atoms with Crippen LogP contribution in [0.4, 0.5) is 13.2 Å². The number of alkyl halides is 3. The Morgan fingerprint density at radius 1 is 1.15 bits per heavy atom. The van der Waals surface area contributed by atoms with Crippen LogP contribution in [0.5, 0.6) is 0 Å². The average Bonchev–Trinajstić information content (AvgIpc) is 3.11. The third-order valence-corrected chi connectivity index (χ3v) is 6.00. The SMILES string of the molecule is O=C(c1cccc(C(F)(F)F)c1)N1CCC[C@@H](c2nc3ccccc3s2)C1. The van der Waals surface area contributed by atoms with Crippen LogP contribution in [0.15, 0.2) is 48.5 Å². The summed E-state index contributed by atoms with van der Waals surface area (Å²) in [4.78, 5) is 19.1. The maximum Gasteiger partial charge on any atom is 0.416 e. The van der Waals surface area contributed by atoms with E-state index >= 15 is 0 Å². The highest BCUT2D eigenvalue weighted by Gasteiger charge is 2.32. The monoisotopic (exact) mass is 390 g/mol. The van der Waals surface area contributed by atoms with Crippen molar-refractivity contribution in [2.24, 2.45) is 0 Å². The number of rotatable bonds is 2. The third-order valence-electron chi connectivity index (χ3n) is 4.81. The Balaban J connectivity index is 1.55. The first-order valence-electron chi connectivity index (χ1n) is 8.74. The zero-order valence-electron chi connectivity index (χ0n) is 14.4. The first kappa shape index (κ1) is 18.0. The molecule has 0 bridgehead atoms. The lowest BCUT2D eigenvalue weighted by atomic mass is 9.97. The van der Waals surface area contributed by atoms with Crippen LogP contribution in [-0.4, -0.2) is 28.9 Å². The van der Waals surface area contributed by atoms with Gasteiger partial charge in [-0.25, -0.2) is 4.98 Å². The molecule has 0 N–H and O–H groups in total. The number of thiazole rings is 1. The number of likely N-dealkylation sites (tertiary alicyclic amines) is 1. The Hall–Kier alpha value is -2.41. The predicted molar refractivity (Wildman–Crippen MR) is 98.9 cm³/mol. The van der Waals surface area contributed by atoms with Gasteiger partial charge in [-0.15, -0.1) is 11.3 Å². The summed E-state index contributed by atoms with van der Waals surface area (Å²) >= 11 is 1.62. The van der Waals surface area contributed by atoms with Gasteiger partial charge in [-0.05, 0) is 43.2 Å². The summed E-state index contributed by atoms with van der Waals surface area (Å²) in [5, 5.41) is 0.984. The smallest absolute Gasteiger partial charge is 0.338 e. The maximum atomic E-state index is 12.9. The van der Waals surface area contributed by atoms with E-state index in [1.807, 2.05) is 24.3 Å². The Morgan fingerprint density at radius 3 is 2.74 bits per heavy atom. The van der Waals surface area contributed by atoms with Crippen molar-refractivity contribution < 1.29 is 18.0 Å². The van der Waals surface area contributed by atoms with Gasteiger partial charge in [0.05, 0.1) is 20.8 Å². The topological polar surface area (TPSA) is 33.2 Å². The van der Waals surface area contributed by atoms with Crippen molar-refractivity contribution in [3.8, 4) is 0 Å². The molecule has 7 heteroatoms. The van der Waals surface area contributed by atoms with Crippen LogP contribution < -0.4 is 0 Å². The van der Waals surface area contributed by atoms with Gasteiger partial charge in [0.25, 0.3) is 5.91 Å². The fourth-order valence-electron chi connectivity index (χ4n) is 3.44. The number of carbonyl (C=O) groups is 1. The molecule has 1 fully saturated rings. The van der Waals surface area contributed by atoms with Gasteiger partial charge in [0, 0.05) is 24.6 Å². The second-order valence-corrected chi connectivity index (χ2v) is 7.75. The molecule has 4 rings (SSSR count). The molecule has 3 nitrogen and oxygen atoms in total. The summed E-state index contributed by atoms with van der Waals surface area (Å²) < 4.78 is 39.9. The molecule has 27 heavy (non-hydrogen) atoms. The zero-order chi connectivity index (χ0) is 19.0. The Labute approximate surface area is 158 Å². The second-order valence-electron chi connectivity index (χ2n) is 6.69. The highest BCUT2D eigenvalue weighted by Crippen LogP contribution is 2.34. The van der Waals surface area contributed by atoms with Crippen molar-refractivity contribution in [3.63, 3.8) is 0 Å². The van der Waals surface area contributed by atoms with Crippen molar-refractivity contribution in [2.45, 2.75) is 24.9 Å². The number of hydrogen-bond acceptors (Lipinski definition) is 3. The van der Waals surface area contributed by atoms with Crippen molar-refractivity contribution in [1.82, 2.24) is 9.88 Å². The number of aromatic nitrogens is 1. The number of hydrogen-bond donors (Lipinski definition) is 0. The van der Waals surface area contributed by atoms with Crippen LogP contribution in [0, 0.1) is 0 Å². The van der Waals surface area contributed by atoms with Gasteiger partial charge in [0.1, 0.15) is 0 Å². The minimum absolute atomic E-state index is 0.0785. The van der Waals surface area contributed by atoms with E-state index in [9.17, 15) is 18.0 Å². The quantitative estimate of drug-likeness (QED) is 0.592. The van der Waals surface area contributed by atoms with E-state index in [1.165, 1.54) is 12.1 Å². The van der Waals surface area contributed by atoms with Gasteiger partial charge in [0.2, 0.25) is 0 Å². The Kier molecular flexibility index (Phi) is 4.63. The lowest BCUT2D eigenvalue weighted by molar-refractivity contribution is -0.137. The molecule has 0 unspecified atom stereocenters. The Morgan fingerprint density at radius 2 is 1.96 bits per heavy atom. The van der Waals surface area contributed by atoms with Crippen LogP contribution in [0.2, 0.25) is 0 Å². The van der Waals surface area contributed by atoms with Crippen LogP contribution >= 0.6 is 11.3 Å². The summed E-state index contributed by atoms with van der Waals surface area (Å²) in [6, 6.07) is 12.5. The fourth-order valence-corrected chi connectivity index (χ4v) is 4.53. The summed E-state index contributed by atoms with van der Waals surface area (Å²) in [5.74, 6) is -0.238. The number of benzene rings is 2. The number of nitrogens with zero attached hydrogens (tertiary/aromatic N) is 2. The largest absolute Gasteiger partial charge is 0.416 e. The van der Waals surface area contributed by atoms with Crippen LogP contribution in [-0.2, 0) is 6.18 Å². The van der Waals surface area contributed by atoms with Crippen molar-refractivity contribution >= 4 is 27.5 Å². The standard InChI is InChI=1S/C20H17F3N2OS/c21-20(22,23)15-7-3-5-13(11-15)19(26)25-10-4-6-14(12-25)18-24-16-8-1-2-9-17(16)27-18/h1-3,5,7-9,11,14H,4,6,10,12H2/t14-/m1/s1. The molecular weight excluding hydrogens is 373 g/mol. The molecule has 140 valence electrons. The molecule has 1 aliphatic heterocycles. The molecule has 0 aliphatic carbocycles. The number of piperidine rings is 1. The molecule has 0 saturated carbocycles. The van der Waals surface area contributed by atoms with Crippen molar-refractivity contribution in [2.75, 3.05) is 13.1 Å². The normalized spacial score (nSPS) is 18.0. The summed E-state index contributed by atoms with van der Waals surface area (Å²) in [7, 11) is 0. The van der Waals surface area contributed by atoms with Gasteiger partial charge in [0.15, 0.2) is 0 Å². The molecule has 1 atom stereocenters. The average molecular weight is 390 g/mol. The van der Waals surface area contributed by atoms with Gasteiger partial charge in [-0.2, -0.15) is 13.2 Å². The molecule has 1 amide bonds. The number of fused-ring (bicyclic) bond motifs is 1. The van der Waals surface area contributed by atoms with Crippen LogP contribution in [0.3, 0.4) is 0 Å². The van der Waals surface area contributed by atoms with E-state index in [1.54, 1.807) is 16.2 Å². The molecule has 2 aromatic carbocycles. The Bertz CT molecular complexity index is 950. The van der Waals surface area contributed by atoms with Crippen molar-refractivity contribution in [1.29, 1.82) is 0 Å². The van der Waals surface area contributed by atoms with E-state index in [0.717, 1.165) is 40.2 Å². The van der Waals surface area contributed by atoms with E-state index in [4.69, 9.17) is 0 Å². The lowest BCUT2D eigenvalue weighted by Crippen LogP contribution is -2.39. The van der Waals surface area contributed by atoms with Gasteiger partial charge >= 0.3 is 6.18 Å². The van der Waals surface area contributed by atoms with E-state index in [0.29, 0.717) is 13.1 Å². The van der Waals surface area contributed by atoms with Crippen LogP contribution in [0.25, 0.3) is 10.2 Å². The summed E-state index contributed by atoms with van der Waals surface area (Å²) in [5.41, 5.74) is 0.224. The van der Waals surface area contributed by atoms with E-state index in [2.05, 4.69) is 4.98 Å². The van der Waals surface area contributed by atoms with Crippen molar-refractivity contribution in [3.05, 3.63) is 64.7 Å². The van der Waals surface area contributed by atoms with Crippen LogP contribution in [0.1, 0.15) is 39.7 Å². The minimum Gasteiger partial charge on any atom is -0.338 e. The molecule has 1 aromatic heterocycles. The molecule has 0 spiro atoms.